The molecule has 1 aromatic carbocycles. The van der Waals surface area contributed by atoms with E-state index in [4.69, 9.17) is 11.6 Å². The average molecular weight is 294 g/mol. The first kappa shape index (κ1) is 14.1. The Labute approximate surface area is 120 Å². The molecule has 0 aliphatic carbocycles. The van der Waals surface area contributed by atoms with E-state index < -0.39 is 4.92 Å². The van der Waals surface area contributed by atoms with Crippen molar-refractivity contribution in [3.05, 3.63) is 50.7 Å². The SMILES string of the molecule is Cc1nn(C)c(N=NCc2ccc(Cl)cc2)c1[N+](=O)[O-]. The number of rotatable bonds is 4. The quantitative estimate of drug-likeness (QED) is 0.490. The lowest BCUT2D eigenvalue weighted by atomic mass is 10.2. The van der Waals surface area contributed by atoms with Crippen molar-refractivity contribution < 1.29 is 4.92 Å². The van der Waals surface area contributed by atoms with Crippen LogP contribution in [0.15, 0.2) is 34.5 Å². The molecule has 0 unspecified atom stereocenters. The van der Waals surface area contributed by atoms with Gasteiger partial charge >= 0.3 is 5.69 Å². The van der Waals surface area contributed by atoms with Gasteiger partial charge in [-0.1, -0.05) is 23.7 Å². The van der Waals surface area contributed by atoms with E-state index in [0.29, 0.717) is 17.3 Å². The molecule has 8 heteroatoms. The van der Waals surface area contributed by atoms with Gasteiger partial charge in [0.1, 0.15) is 5.69 Å². The van der Waals surface area contributed by atoms with Gasteiger partial charge < -0.3 is 0 Å². The van der Waals surface area contributed by atoms with E-state index in [2.05, 4.69) is 15.3 Å². The Morgan fingerprint density at radius 1 is 1.40 bits per heavy atom. The highest BCUT2D eigenvalue weighted by Gasteiger charge is 2.23. The van der Waals surface area contributed by atoms with Crippen molar-refractivity contribution in [1.29, 1.82) is 0 Å². The van der Waals surface area contributed by atoms with Crippen LogP contribution in [0, 0.1) is 17.0 Å². The van der Waals surface area contributed by atoms with Crippen LogP contribution in [-0.2, 0) is 13.6 Å². The van der Waals surface area contributed by atoms with Gasteiger partial charge in [0.15, 0.2) is 0 Å². The van der Waals surface area contributed by atoms with Gasteiger partial charge in [0.05, 0.1) is 11.5 Å². The van der Waals surface area contributed by atoms with Crippen molar-refractivity contribution in [3.63, 3.8) is 0 Å². The minimum Gasteiger partial charge on any atom is -0.258 e. The van der Waals surface area contributed by atoms with Crippen LogP contribution in [0.3, 0.4) is 0 Å². The zero-order valence-electron chi connectivity index (χ0n) is 10.9. The molecule has 0 fully saturated rings. The van der Waals surface area contributed by atoms with Crippen LogP contribution in [0.25, 0.3) is 0 Å². The first-order valence-corrected chi connectivity index (χ1v) is 6.16. The number of benzene rings is 1. The molecule has 0 atom stereocenters. The molecule has 20 heavy (non-hydrogen) atoms. The van der Waals surface area contributed by atoms with Gasteiger partial charge in [-0.15, -0.1) is 5.11 Å². The predicted molar refractivity (Wildman–Crippen MR) is 74.3 cm³/mol. The predicted octanol–water partition coefficient (Wildman–Crippen LogP) is 3.57. The molecule has 2 rings (SSSR count). The van der Waals surface area contributed by atoms with Crippen molar-refractivity contribution >= 4 is 23.1 Å². The maximum absolute atomic E-state index is 11.0. The molecule has 7 nitrogen and oxygen atoms in total. The average Bonchev–Trinajstić information content (AvgIpc) is 2.66. The van der Waals surface area contributed by atoms with Crippen molar-refractivity contribution in [1.82, 2.24) is 9.78 Å². The summed E-state index contributed by atoms with van der Waals surface area (Å²) in [6.45, 7) is 1.88. The molecule has 2 aromatic rings. The normalized spacial score (nSPS) is 11.2. The number of hydrogen-bond acceptors (Lipinski definition) is 5. The van der Waals surface area contributed by atoms with Gasteiger partial charge in [-0.25, -0.2) is 4.68 Å². The second kappa shape index (κ2) is 5.79. The van der Waals surface area contributed by atoms with Gasteiger partial charge in [0.25, 0.3) is 5.82 Å². The summed E-state index contributed by atoms with van der Waals surface area (Å²) in [6.07, 6.45) is 0. The second-order valence-corrected chi connectivity index (χ2v) is 4.60. The number of nitrogens with zero attached hydrogens (tertiary/aromatic N) is 5. The fourth-order valence-electron chi connectivity index (χ4n) is 1.73. The summed E-state index contributed by atoms with van der Waals surface area (Å²) in [5.41, 5.74) is 1.12. The number of nitro groups is 1. The van der Waals surface area contributed by atoms with E-state index in [9.17, 15) is 10.1 Å². The van der Waals surface area contributed by atoms with Gasteiger partial charge in [0, 0.05) is 12.1 Å². The number of aryl methyl sites for hydroxylation is 2. The Bertz CT molecular complexity index is 663. The fourth-order valence-corrected chi connectivity index (χ4v) is 1.86. The first-order chi connectivity index (χ1) is 9.49. The molecular formula is C12H12ClN5O2. The first-order valence-electron chi connectivity index (χ1n) is 5.79. The Hall–Kier alpha value is -2.28. The molecule has 0 bridgehead atoms. The number of azo groups is 1. The third-order valence-electron chi connectivity index (χ3n) is 2.68. The van der Waals surface area contributed by atoms with E-state index >= 15 is 0 Å². The molecule has 1 aromatic heterocycles. The topological polar surface area (TPSA) is 85.7 Å². The zero-order valence-corrected chi connectivity index (χ0v) is 11.7. The number of hydrogen-bond donors (Lipinski definition) is 0. The molecular weight excluding hydrogens is 282 g/mol. The summed E-state index contributed by atoms with van der Waals surface area (Å²) in [5, 5.41) is 23.5. The molecule has 0 N–H and O–H groups in total. The Morgan fingerprint density at radius 2 is 2.05 bits per heavy atom. The highest BCUT2D eigenvalue weighted by Crippen LogP contribution is 2.30. The van der Waals surface area contributed by atoms with Crippen molar-refractivity contribution in [2.45, 2.75) is 13.5 Å². The Balaban J connectivity index is 2.19. The molecule has 104 valence electrons. The second-order valence-electron chi connectivity index (χ2n) is 4.16. The van der Waals surface area contributed by atoms with E-state index in [-0.39, 0.29) is 11.5 Å². The largest absolute Gasteiger partial charge is 0.337 e. The molecule has 0 saturated heterocycles. The van der Waals surface area contributed by atoms with E-state index in [1.165, 1.54) is 4.68 Å². The van der Waals surface area contributed by atoms with Crippen LogP contribution >= 0.6 is 11.6 Å². The van der Waals surface area contributed by atoms with Crippen LogP contribution in [-0.4, -0.2) is 14.7 Å². The molecule has 0 aliphatic heterocycles. The lowest BCUT2D eigenvalue weighted by Gasteiger charge is -1.96. The van der Waals surface area contributed by atoms with Gasteiger partial charge in [-0.05, 0) is 24.6 Å². The summed E-state index contributed by atoms with van der Waals surface area (Å²) >= 11 is 5.78. The van der Waals surface area contributed by atoms with E-state index in [1.54, 1.807) is 26.1 Å². The number of halogens is 1. The number of aromatic nitrogens is 2. The van der Waals surface area contributed by atoms with E-state index in [0.717, 1.165) is 5.56 Å². The van der Waals surface area contributed by atoms with E-state index in [1.807, 2.05) is 12.1 Å². The van der Waals surface area contributed by atoms with Crippen LogP contribution < -0.4 is 0 Å². The van der Waals surface area contributed by atoms with Crippen molar-refractivity contribution in [3.8, 4) is 0 Å². The minimum atomic E-state index is -0.501. The van der Waals surface area contributed by atoms with Gasteiger partial charge in [-0.3, -0.25) is 10.1 Å². The summed E-state index contributed by atoms with van der Waals surface area (Å²) in [7, 11) is 1.59. The highest BCUT2D eigenvalue weighted by molar-refractivity contribution is 6.30. The molecule has 0 saturated carbocycles. The molecule has 0 radical (unpaired) electrons. The maximum Gasteiger partial charge on any atom is 0.337 e. The monoisotopic (exact) mass is 293 g/mol. The third kappa shape index (κ3) is 3.00. The zero-order chi connectivity index (χ0) is 14.7. The van der Waals surface area contributed by atoms with Gasteiger partial charge in [0.2, 0.25) is 0 Å². The van der Waals surface area contributed by atoms with Crippen LogP contribution in [0.1, 0.15) is 11.3 Å². The summed E-state index contributed by atoms with van der Waals surface area (Å²) < 4.78 is 1.35. The Kier molecular flexibility index (Phi) is 4.09. The minimum absolute atomic E-state index is 0.118. The van der Waals surface area contributed by atoms with Crippen LogP contribution in [0.2, 0.25) is 5.02 Å². The van der Waals surface area contributed by atoms with Crippen molar-refractivity contribution in [2.75, 3.05) is 0 Å². The highest BCUT2D eigenvalue weighted by atomic mass is 35.5. The summed E-state index contributed by atoms with van der Waals surface area (Å²) in [5.74, 6) is 0.140. The van der Waals surface area contributed by atoms with Gasteiger partial charge in [-0.2, -0.15) is 10.2 Å². The van der Waals surface area contributed by atoms with Crippen LogP contribution in [0.5, 0.6) is 0 Å². The smallest absolute Gasteiger partial charge is 0.258 e. The molecule has 0 amide bonds. The molecule has 0 spiro atoms. The summed E-state index contributed by atoms with van der Waals surface area (Å²) in [6, 6.07) is 7.15. The third-order valence-corrected chi connectivity index (χ3v) is 2.93. The van der Waals surface area contributed by atoms with Crippen molar-refractivity contribution in [2.24, 2.45) is 17.3 Å². The molecule has 1 heterocycles. The van der Waals surface area contributed by atoms with Crippen LogP contribution in [0.4, 0.5) is 11.5 Å². The molecule has 0 aliphatic rings. The lowest BCUT2D eigenvalue weighted by Crippen LogP contribution is -1.90. The maximum atomic E-state index is 11.0. The lowest BCUT2D eigenvalue weighted by molar-refractivity contribution is -0.384. The standard InChI is InChI=1S/C12H12ClN5O2/c1-8-11(18(19)20)12(17(2)16-8)15-14-7-9-3-5-10(13)6-4-9/h3-6H,7H2,1-2H3. The fraction of sp³-hybridized carbons (Fsp3) is 0.250. The Morgan fingerprint density at radius 3 is 2.65 bits per heavy atom. The summed E-state index contributed by atoms with van der Waals surface area (Å²) in [4.78, 5) is 10.5.